The summed E-state index contributed by atoms with van der Waals surface area (Å²) in [4.78, 5) is 11.8. The third-order valence-electron chi connectivity index (χ3n) is 2.45. The van der Waals surface area contributed by atoms with Crippen molar-refractivity contribution in [2.24, 2.45) is 0 Å². The quantitative estimate of drug-likeness (QED) is 0.853. The summed E-state index contributed by atoms with van der Waals surface area (Å²) in [7, 11) is -3.23. The largest absolute Gasteiger partial charge is 0.507 e. The number of phenolic OH excluding ortho intramolecular Hbond substituents is 1. The Kier molecular flexibility index (Phi) is 3.32. The highest BCUT2D eigenvalue weighted by Crippen LogP contribution is 2.21. The molecule has 0 saturated heterocycles. The SMILES string of the molecule is O=C(NC1C=CS(=O)(=O)C1)c1cc(Cl)ccc1O. The number of nitrogens with one attached hydrogen (secondary N) is 1. The summed E-state index contributed by atoms with van der Waals surface area (Å²) in [5.74, 6) is -0.941. The normalized spacial score (nSPS) is 20.8. The van der Waals surface area contributed by atoms with Crippen LogP contribution in [0, 0.1) is 0 Å². The standard InChI is InChI=1S/C11H10ClNO4S/c12-7-1-2-10(14)9(5-7)11(15)13-8-3-4-18(16,17)6-8/h1-5,8,14H,6H2,(H,13,15). The van der Waals surface area contributed by atoms with Crippen molar-refractivity contribution < 1.29 is 18.3 Å². The molecule has 2 rings (SSSR count). The number of phenols is 1. The fraction of sp³-hybridized carbons (Fsp3) is 0.182. The Morgan fingerprint density at radius 1 is 1.44 bits per heavy atom. The molecule has 0 bridgehead atoms. The van der Waals surface area contributed by atoms with Gasteiger partial charge in [-0.3, -0.25) is 4.79 Å². The van der Waals surface area contributed by atoms with Crippen molar-refractivity contribution in [2.45, 2.75) is 6.04 Å². The Morgan fingerprint density at radius 3 is 2.78 bits per heavy atom. The van der Waals surface area contributed by atoms with Crippen LogP contribution >= 0.6 is 11.6 Å². The highest BCUT2D eigenvalue weighted by atomic mass is 35.5. The molecule has 0 spiro atoms. The van der Waals surface area contributed by atoms with E-state index in [1.54, 1.807) is 0 Å². The predicted molar refractivity (Wildman–Crippen MR) is 67.3 cm³/mol. The van der Waals surface area contributed by atoms with Gasteiger partial charge < -0.3 is 10.4 Å². The van der Waals surface area contributed by atoms with E-state index in [0.717, 1.165) is 5.41 Å². The number of amides is 1. The molecule has 1 unspecified atom stereocenters. The number of hydrogen-bond acceptors (Lipinski definition) is 4. The zero-order valence-corrected chi connectivity index (χ0v) is 10.7. The number of carbonyl (C=O) groups is 1. The van der Waals surface area contributed by atoms with Crippen molar-refractivity contribution in [2.75, 3.05) is 5.75 Å². The molecule has 0 aromatic heterocycles. The van der Waals surface area contributed by atoms with Gasteiger partial charge in [-0.05, 0) is 24.3 Å². The molecule has 1 aromatic rings. The number of rotatable bonds is 2. The van der Waals surface area contributed by atoms with Crippen LogP contribution in [0.4, 0.5) is 0 Å². The van der Waals surface area contributed by atoms with Crippen LogP contribution < -0.4 is 5.32 Å². The van der Waals surface area contributed by atoms with Crippen LogP contribution in [-0.4, -0.2) is 31.2 Å². The molecule has 1 aromatic carbocycles. The maximum atomic E-state index is 11.8. The van der Waals surface area contributed by atoms with Gasteiger partial charge in [0.1, 0.15) is 5.75 Å². The lowest BCUT2D eigenvalue weighted by Gasteiger charge is -2.11. The van der Waals surface area contributed by atoms with Crippen molar-refractivity contribution in [3.05, 3.63) is 40.3 Å². The van der Waals surface area contributed by atoms with Crippen molar-refractivity contribution >= 4 is 27.3 Å². The van der Waals surface area contributed by atoms with Crippen LogP contribution in [-0.2, 0) is 9.84 Å². The van der Waals surface area contributed by atoms with E-state index in [9.17, 15) is 18.3 Å². The van der Waals surface area contributed by atoms with Crippen molar-refractivity contribution in [1.29, 1.82) is 0 Å². The summed E-state index contributed by atoms with van der Waals surface area (Å²) >= 11 is 5.72. The van der Waals surface area contributed by atoms with Gasteiger partial charge in [-0.2, -0.15) is 0 Å². The number of aromatic hydroxyl groups is 1. The van der Waals surface area contributed by atoms with Gasteiger partial charge in [0.05, 0.1) is 17.4 Å². The molecule has 0 saturated carbocycles. The first-order chi connectivity index (χ1) is 8.37. The van der Waals surface area contributed by atoms with Crippen molar-refractivity contribution in [3.8, 4) is 5.75 Å². The van der Waals surface area contributed by atoms with Crippen LogP contribution in [0.5, 0.6) is 5.75 Å². The number of halogens is 1. The van der Waals surface area contributed by atoms with Gasteiger partial charge >= 0.3 is 0 Å². The molecular weight excluding hydrogens is 278 g/mol. The van der Waals surface area contributed by atoms with E-state index in [1.807, 2.05) is 0 Å². The summed E-state index contributed by atoms with van der Waals surface area (Å²) in [5.41, 5.74) is 0.0141. The summed E-state index contributed by atoms with van der Waals surface area (Å²) < 4.78 is 22.3. The maximum absolute atomic E-state index is 11.8. The van der Waals surface area contributed by atoms with E-state index in [0.29, 0.717) is 5.02 Å². The van der Waals surface area contributed by atoms with Gasteiger partial charge in [0.15, 0.2) is 9.84 Å². The summed E-state index contributed by atoms with van der Waals surface area (Å²) in [6.45, 7) is 0. The molecule has 0 fully saturated rings. The van der Waals surface area contributed by atoms with E-state index in [2.05, 4.69) is 5.32 Å². The number of hydrogen-bond donors (Lipinski definition) is 2. The molecule has 7 heteroatoms. The van der Waals surface area contributed by atoms with Gasteiger partial charge in [-0.25, -0.2) is 8.42 Å². The van der Waals surface area contributed by atoms with E-state index >= 15 is 0 Å². The Balaban J connectivity index is 2.14. The van der Waals surface area contributed by atoms with Crippen LogP contribution in [0.2, 0.25) is 5.02 Å². The Morgan fingerprint density at radius 2 is 2.17 bits per heavy atom. The first kappa shape index (κ1) is 12.9. The monoisotopic (exact) mass is 287 g/mol. The van der Waals surface area contributed by atoms with E-state index in [-0.39, 0.29) is 17.1 Å². The highest BCUT2D eigenvalue weighted by molar-refractivity contribution is 7.94. The number of benzene rings is 1. The van der Waals surface area contributed by atoms with Gasteiger partial charge in [0.25, 0.3) is 5.91 Å². The lowest BCUT2D eigenvalue weighted by atomic mass is 10.1. The molecule has 0 aliphatic carbocycles. The lowest BCUT2D eigenvalue weighted by molar-refractivity contribution is 0.0945. The molecule has 1 amide bonds. The first-order valence-corrected chi connectivity index (χ1v) is 7.17. The molecule has 96 valence electrons. The molecule has 18 heavy (non-hydrogen) atoms. The van der Waals surface area contributed by atoms with Crippen LogP contribution in [0.3, 0.4) is 0 Å². The molecule has 5 nitrogen and oxygen atoms in total. The minimum Gasteiger partial charge on any atom is -0.507 e. The Labute approximate surface area is 109 Å². The zero-order valence-electron chi connectivity index (χ0n) is 9.13. The topological polar surface area (TPSA) is 83.5 Å². The van der Waals surface area contributed by atoms with E-state index < -0.39 is 21.8 Å². The van der Waals surface area contributed by atoms with Gasteiger partial charge in [0, 0.05) is 10.4 Å². The molecule has 1 heterocycles. The second kappa shape index (κ2) is 4.62. The zero-order chi connectivity index (χ0) is 13.3. The minimum absolute atomic E-state index is 0.0141. The Bertz CT molecular complexity index is 624. The fourth-order valence-electron chi connectivity index (χ4n) is 1.60. The number of sulfone groups is 1. The van der Waals surface area contributed by atoms with E-state index in [1.165, 1.54) is 24.3 Å². The molecule has 1 aliphatic heterocycles. The summed E-state index contributed by atoms with van der Waals surface area (Å²) in [5, 5.41) is 13.4. The van der Waals surface area contributed by atoms with E-state index in [4.69, 9.17) is 11.6 Å². The van der Waals surface area contributed by atoms with Crippen molar-refractivity contribution in [3.63, 3.8) is 0 Å². The molecule has 2 N–H and O–H groups in total. The van der Waals surface area contributed by atoms with Crippen LogP contribution in [0.25, 0.3) is 0 Å². The highest BCUT2D eigenvalue weighted by Gasteiger charge is 2.24. The Hall–Kier alpha value is -1.53. The molecule has 1 aliphatic rings. The second-order valence-corrected chi connectivity index (χ2v) is 6.27. The molecular formula is C11H10ClNO4S. The van der Waals surface area contributed by atoms with Gasteiger partial charge in [-0.1, -0.05) is 11.6 Å². The second-order valence-electron chi connectivity index (χ2n) is 3.90. The average Bonchev–Trinajstić information content (AvgIpc) is 2.61. The summed E-state index contributed by atoms with van der Waals surface area (Å²) in [6.07, 6.45) is 1.40. The first-order valence-electron chi connectivity index (χ1n) is 5.08. The fourth-order valence-corrected chi connectivity index (χ4v) is 3.01. The van der Waals surface area contributed by atoms with Gasteiger partial charge in [0.2, 0.25) is 0 Å². The average molecular weight is 288 g/mol. The minimum atomic E-state index is -3.23. The maximum Gasteiger partial charge on any atom is 0.255 e. The molecule has 1 atom stereocenters. The molecule has 0 radical (unpaired) electrons. The number of carbonyl (C=O) groups excluding carboxylic acids is 1. The van der Waals surface area contributed by atoms with Gasteiger partial charge in [-0.15, -0.1) is 0 Å². The lowest BCUT2D eigenvalue weighted by Crippen LogP contribution is -2.35. The van der Waals surface area contributed by atoms with Crippen molar-refractivity contribution in [1.82, 2.24) is 5.32 Å². The van der Waals surface area contributed by atoms with Crippen LogP contribution in [0.15, 0.2) is 29.7 Å². The smallest absolute Gasteiger partial charge is 0.255 e. The predicted octanol–water partition coefficient (Wildman–Crippen LogP) is 1.09. The third-order valence-corrected chi connectivity index (χ3v) is 4.08. The third kappa shape index (κ3) is 2.83. The summed E-state index contributed by atoms with van der Waals surface area (Å²) in [6, 6.07) is 3.49. The van der Waals surface area contributed by atoms with Crippen LogP contribution in [0.1, 0.15) is 10.4 Å².